The first-order valence-corrected chi connectivity index (χ1v) is 4.57. The van der Waals surface area contributed by atoms with Crippen LogP contribution in [-0.2, 0) is 9.53 Å². The molecule has 0 bridgehead atoms. The molecule has 5 nitrogen and oxygen atoms in total. The van der Waals surface area contributed by atoms with Crippen LogP contribution in [0.2, 0.25) is 0 Å². The van der Waals surface area contributed by atoms with Crippen LogP contribution in [0.4, 0.5) is 0 Å². The molecule has 14 heavy (non-hydrogen) atoms. The van der Waals surface area contributed by atoms with E-state index in [9.17, 15) is 9.59 Å². The van der Waals surface area contributed by atoms with Gasteiger partial charge in [0, 0.05) is 12.6 Å². The maximum absolute atomic E-state index is 11.4. The van der Waals surface area contributed by atoms with E-state index in [1.54, 1.807) is 6.07 Å². The molecule has 1 aliphatic rings. The highest BCUT2D eigenvalue weighted by molar-refractivity contribution is 7.71. The quantitative estimate of drug-likeness (QED) is 0.540. The summed E-state index contributed by atoms with van der Waals surface area (Å²) in [5, 5.41) is 0. The molecule has 74 valence electrons. The van der Waals surface area contributed by atoms with Crippen LogP contribution in [-0.4, -0.2) is 22.1 Å². The lowest BCUT2D eigenvalue weighted by molar-refractivity contribution is -0.140. The summed E-state index contributed by atoms with van der Waals surface area (Å²) in [6.45, 7) is 0.367. The SMILES string of the molecule is O=C1OCCC1n1ccc(=S)[nH]c1=O. The average molecular weight is 212 g/mol. The van der Waals surface area contributed by atoms with Crippen LogP contribution in [0.1, 0.15) is 12.5 Å². The Balaban J connectivity index is 2.46. The van der Waals surface area contributed by atoms with Gasteiger partial charge in [-0.1, -0.05) is 12.2 Å². The first-order valence-electron chi connectivity index (χ1n) is 4.16. The standard InChI is InChI=1S/C8H8N2O3S/c11-7-5(2-4-13-7)10-3-1-6(14)9-8(10)12/h1,3,5H,2,4H2,(H,9,12,14). The molecule has 1 atom stereocenters. The Labute approximate surface area is 84.3 Å². The van der Waals surface area contributed by atoms with Gasteiger partial charge in [-0.25, -0.2) is 9.59 Å². The van der Waals surface area contributed by atoms with E-state index in [1.807, 2.05) is 0 Å². The predicted octanol–water partition coefficient (Wildman–Crippen LogP) is 0.394. The number of aromatic nitrogens is 2. The number of hydrogen-bond donors (Lipinski definition) is 1. The van der Waals surface area contributed by atoms with Crippen LogP contribution < -0.4 is 5.69 Å². The Morgan fingerprint density at radius 1 is 1.57 bits per heavy atom. The third-order valence-electron chi connectivity index (χ3n) is 2.09. The zero-order valence-electron chi connectivity index (χ0n) is 7.23. The molecule has 0 spiro atoms. The van der Waals surface area contributed by atoms with Gasteiger partial charge >= 0.3 is 11.7 Å². The van der Waals surface area contributed by atoms with Crippen molar-refractivity contribution in [2.75, 3.05) is 6.61 Å². The van der Waals surface area contributed by atoms with E-state index >= 15 is 0 Å². The Hall–Kier alpha value is -1.43. The van der Waals surface area contributed by atoms with Crippen molar-refractivity contribution >= 4 is 18.2 Å². The van der Waals surface area contributed by atoms with E-state index in [4.69, 9.17) is 17.0 Å². The van der Waals surface area contributed by atoms with Crippen molar-refractivity contribution in [2.24, 2.45) is 0 Å². The van der Waals surface area contributed by atoms with Crippen molar-refractivity contribution in [3.05, 3.63) is 27.4 Å². The first kappa shape index (κ1) is 9.14. The second-order valence-corrected chi connectivity index (χ2v) is 3.43. The first-order chi connectivity index (χ1) is 6.68. The highest BCUT2D eigenvalue weighted by Gasteiger charge is 2.28. The zero-order valence-corrected chi connectivity index (χ0v) is 8.04. The lowest BCUT2D eigenvalue weighted by Crippen LogP contribution is -2.28. The Morgan fingerprint density at radius 3 is 2.93 bits per heavy atom. The van der Waals surface area contributed by atoms with Crippen molar-refractivity contribution in [1.82, 2.24) is 9.55 Å². The third kappa shape index (κ3) is 1.48. The molecule has 1 aromatic rings. The Bertz CT molecular complexity index is 476. The number of nitrogens with zero attached hydrogens (tertiary/aromatic N) is 1. The number of H-pyrrole nitrogens is 1. The molecule has 0 aliphatic carbocycles. The van der Waals surface area contributed by atoms with Crippen LogP contribution in [0, 0.1) is 4.64 Å². The van der Waals surface area contributed by atoms with Crippen LogP contribution >= 0.6 is 12.2 Å². The fraction of sp³-hybridized carbons (Fsp3) is 0.375. The molecule has 1 aromatic heterocycles. The van der Waals surface area contributed by atoms with Crippen LogP contribution in [0.3, 0.4) is 0 Å². The molecule has 1 aliphatic heterocycles. The number of hydrogen-bond acceptors (Lipinski definition) is 4. The minimum absolute atomic E-state index is 0.359. The van der Waals surface area contributed by atoms with Gasteiger partial charge in [-0.15, -0.1) is 0 Å². The van der Waals surface area contributed by atoms with Gasteiger partial charge in [0.25, 0.3) is 0 Å². The van der Waals surface area contributed by atoms with E-state index in [1.165, 1.54) is 10.8 Å². The summed E-state index contributed by atoms with van der Waals surface area (Å²) in [7, 11) is 0. The molecule has 0 aromatic carbocycles. The third-order valence-corrected chi connectivity index (χ3v) is 2.33. The van der Waals surface area contributed by atoms with Crippen molar-refractivity contribution in [1.29, 1.82) is 0 Å². The Kier molecular flexibility index (Phi) is 2.20. The summed E-state index contributed by atoms with van der Waals surface area (Å²) in [5.41, 5.74) is -0.374. The molecule has 0 saturated carbocycles. The average Bonchev–Trinajstić information content (AvgIpc) is 2.52. The highest BCUT2D eigenvalue weighted by atomic mass is 32.1. The fourth-order valence-electron chi connectivity index (χ4n) is 1.41. The second-order valence-electron chi connectivity index (χ2n) is 2.99. The number of carbonyl (C=O) groups is 1. The number of rotatable bonds is 1. The lowest BCUT2D eigenvalue weighted by atomic mass is 10.2. The summed E-state index contributed by atoms with van der Waals surface area (Å²) in [6, 6.07) is 1.07. The number of carbonyl (C=O) groups excluding carboxylic acids is 1. The van der Waals surface area contributed by atoms with E-state index < -0.39 is 6.04 Å². The van der Waals surface area contributed by atoms with Gasteiger partial charge in [-0.05, 0) is 6.07 Å². The fourth-order valence-corrected chi connectivity index (χ4v) is 1.56. The maximum atomic E-state index is 11.4. The van der Waals surface area contributed by atoms with Gasteiger partial charge in [0.15, 0.2) is 0 Å². The molecular formula is C8H8N2O3S. The number of aromatic amines is 1. The number of cyclic esters (lactones) is 1. The number of ether oxygens (including phenoxy) is 1. The topological polar surface area (TPSA) is 64.1 Å². The molecule has 0 amide bonds. The zero-order chi connectivity index (χ0) is 10.1. The number of esters is 1. The van der Waals surface area contributed by atoms with Gasteiger partial charge in [0.1, 0.15) is 10.7 Å². The highest BCUT2D eigenvalue weighted by Crippen LogP contribution is 2.17. The minimum atomic E-state index is -0.505. The molecule has 1 unspecified atom stereocenters. The van der Waals surface area contributed by atoms with Gasteiger partial charge in [0.2, 0.25) is 0 Å². The largest absolute Gasteiger partial charge is 0.464 e. The molecule has 2 rings (SSSR count). The molecule has 1 saturated heterocycles. The normalized spacial score (nSPS) is 20.9. The minimum Gasteiger partial charge on any atom is -0.464 e. The summed E-state index contributed by atoms with van der Waals surface area (Å²) >= 11 is 4.78. The van der Waals surface area contributed by atoms with Crippen LogP contribution in [0.15, 0.2) is 17.1 Å². The molecule has 2 heterocycles. The van der Waals surface area contributed by atoms with Gasteiger partial charge in [-0.3, -0.25) is 9.55 Å². The summed E-state index contributed by atoms with van der Waals surface area (Å²) in [6.07, 6.45) is 2.04. The monoisotopic (exact) mass is 212 g/mol. The molecular weight excluding hydrogens is 204 g/mol. The number of nitrogens with one attached hydrogen (secondary N) is 1. The van der Waals surface area contributed by atoms with Crippen molar-refractivity contribution in [3.63, 3.8) is 0 Å². The van der Waals surface area contributed by atoms with Gasteiger partial charge in [-0.2, -0.15) is 0 Å². The molecule has 6 heteroatoms. The lowest BCUT2D eigenvalue weighted by Gasteiger charge is -2.07. The van der Waals surface area contributed by atoms with E-state index in [0.717, 1.165) is 0 Å². The summed E-state index contributed by atoms with van der Waals surface area (Å²) in [5.74, 6) is -0.363. The van der Waals surface area contributed by atoms with Crippen molar-refractivity contribution in [3.8, 4) is 0 Å². The van der Waals surface area contributed by atoms with Crippen molar-refractivity contribution < 1.29 is 9.53 Å². The van der Waals surface area contributed by atoms with Gasteiger partial charge < -0.3 is 4.74 Å². The Morgan fingerprint density at radius 2 is 2.36 bits per heavy atom. The smallest absolute Gasteiger partial charge is 0.329 e. The van der Waals surface area contributed by atoms with Crippen molar-refractivity contribution in [2.45, 2.75) is 12.5 Å². The maximum Gasteiger partial charge on any atom is 0.329 e. The molecule has 1 fully saturated rings. The summed E-state index contributed by atoms with van der Waals surface area (Å²) < 4.78 is 6.44. The molecule has 1 N–H and O–H groups in total. The summed E-state index contributed by atoms with van der Waals surface area (Å²) in [4.78, 5) is 25.0. The van der Waals surface area contributed by atoms with E-state index in [0.29, 0.717) is 17.7 Å². The van der Waals surface area contributed by atoms with Gasteiger partial charge in [0.05, 0.1) is 6.61 Å². The van der Waals surface area contributed by atoms with Crippen LogP contribution in [0.5, 0.6) is 0 Å². The van der Waals surface area contributed by atoms with Crippen LogP contribution in [0.25, 0.3) is 0 Å². The van der Waals surface area contributed by atoms with E-state index in [-0.39, 0.29) is 11.7 Å². The molecule has 0 radical (unpaired) electrons. The van der Waals surface area contributed by atoms with E-state index in [2.05, 4.69) is 4.98 Å². The second kappa shape index (κ2) is 3.38. The predicted molar refractivity (Wildman–Crippen MR) is 50.5 cm³/mol.